The van der Waals surface area contributed by atoms with Crippen molar-refractivity contribution in [1.29, 1.82) is 0 Å². The normalized spacial score (nSPS) is 20.4. The first-order chi connectivity index (χ1) is 15.7. The van der Waals surface area contributed by atoms with Gasteiger partial charge in [-0.25, -0.2) is 0 Å². The summed E-state index contributed by atoms with van der Waals surface area (Å²) in [5, 5.41) is 6.11. The number of rotatable bonds is 2. The monoisotopic (exact) mass is 421 g/mol. The van der Waals surface area contributed by atoms with Crippen LogP contribution in [0.3, 0.4) is 0 Å². The average molecular weight is 422 g/mol. The first-order valence-electron chi connectivity index (χ1n) is 11.1. The van der Waals surface area contributed by atoms with E-state index in [1.807, 2.05) is 53.6 Å². The van der Waals surface area contributed by atoms with E-state index in [2.05, 4.69) is 34.6 Å². The van der Waals surface area contributed by atoms with Crippen LogP contribution in [0.15, 0.2) is 72.9 Å². The molecule has 1 N–H and O–H groups in total. The van der Waals surface area contributed by atoms with Gasteiger partial charge in [0, 0.05) is 41.8 Å². The van der Waals surface area contributed by atoms with Gasteiger partial charge in [-0.15, -0.1) is 0 Å². The Labute approximate surface area is 186 Å². The smallest absolute Gasteiger partial charge is 0.254 e. The molecule has 2 atom stereocenters. The quantitative estimate of drug-likeness (QED) is 0.522. The molecule has 158 valence electrons. The summed E-state index contributed by atoms with van der Waals surface area (Å²) in [4.78, 5) is 32.3. The van der Waals surface area contributed by atoms with Crippen molar-refractivity contribution in [2.45, 2.75) is 18.9 Å². The van der Waals surface area contributed by atoms with Crippen LogP contribution in [0.25, 0.3) is 32.8 Å². The van der Waals surface area contributed by atoms with Crippen LogP contribution in [0.2, 0.25) is 0 Å². The van der Waals surface area contributed by atoms with Crippen molar-refractivity contribution in [3.8, 4) is 11.1 Å². The number of nitrogens with one attached hydrogen (secondary N) is 1. The Morgan fingerprint density at radius 1 is 0.938 bits per heavy atom. The van der Waals surface area contributed by atoms with Gasteiger partial charge in [0.2, 0.25) is 5.91 Å². The van der Waals surface area contributed by atoms with Crippen molar-refractivity contribution in [1.82, 2.24) is 15.2 Å². The molecule has 4 aromatic rings. The van der Waals surface area contributed by atoms with Gasteiger partial charge in [0.25, 0.3) is 5.91 Å². The van der Waals surface area contributed by atoms with Gasteiger partial charge in [-0.05, 0) is 47.4 Å². The second kappa shape index (κ2) is 7.45. The third-order valence-corrected chi connectivity index (χ3v) is 6.80. The molecular weight excluding hydrogens is 398 g/mol. The Hall–Kier alpha value is -3.73. The lowest BCUT2D eigenvalue weighted by molar-refractivity contribution is -0.126. The molecule has 32 heavy (non-hydrogen) atoms. The van der Waals surface area contributed by atoms with Crippen LogP contribution in [0.5, 0.6) is 0 Å². The highest BCUT2D eigenvalue weighted by molar-refractivity contribution is 6.11. The van der Waals surface area contributed by atoms with E-state index in [0.717, 1.165) is 45.6 Å². The number of para-hydroxylation sites is 1. The second-order valence-electron chi connectivity index (χ2n) is 8.81. The van der Waals surface area contributed by atoms with Gasteiger partial charge in [-0.2, -0.15) is 0 Å². The van der Waals surface area contributed by atoms with Gasteiger partial charge >= 0.3 is 0 Å². The van der Waals surface area contributed by atoms with Crippen molar-refractivity contribution >= 4 is 33.5 Å². The van der Waals surface area contributed by atoms with E-state index in [1.165, 1.54) is 0 Å². The van der Waals surface area contributed by atoms with Gasteiger partial charge in [-0.1, -0.05) is 48.5 Å². The Bertz CT molecular complexity index is 1380. The topological polar surface area (TPSA) is 62.3 Å². The highest BCUT2D eigenvalue weighted by Crippen LogP contribution is 2.33. The molecule has 3 fully saturated rings. The molecule has 2 bridgehead atoms. The van der Waals surface area contributed by atoms with E-state index in [0.29, 0.717) is 18.7 Å². The molecule has 3 aromatic carbocycles. The molecule has 3 saturated heterocycles. The third kappa shape index (κ3) is 3.12. The molecule has 7 rings (SSSR count). The van der Waals surface area contributed by atoms with Crippen LogP contribution >= 0.6 is 0 Å². The summed E-state index contributed by atoms with van der Waals surface area (Å²) >= 11 is 0. The number of benzene rings is 3. The van der Waals surface area contributed by atoms with Gasteiger partial charge in [0.1, 0.15) is 0 Å². The fourth-order valence-corrected chi connectivity index (χ4v) is 5.15. The van der Waals surface area contributed by atoms with Gasteiger partial charge in [0.15, 0.2) is 0 Å². The standard InChI is InChI=1S/C27H23N3O2/c31-26-18-11-12-20(29-26)16-30(15-18)27(32)24-9-4-7-22-21(6-3-8-23(22)24)19-13-17-5-1-2-10-25(17)28-14-19/h1-10,13-14,18,20H,11-12,15-16H2,(H,29,31)/t18-,20+/m1/s1. The van der Waals surface area contributed by atoms with Crippen LogP contribution in [0.4, 0.5) is 0 Å². The Balaban J connectivity index is 1.42. The molecule has 5 heteroatoms. The summed E-state index contributed by atoms with van der Waals surface area (Å²) in [6, 6.07) is 22.3. The Morgan fingerprint density at radius 2 is 1.78 bits per heavy atom. The molecule has 5 nitrogen and oxygen atoms in total. The van der Waals surface area contributed by atoms with E-state index in [9.17, 15) is 9.59 Å². The zero-order valence-electron chi connectivity index (χ0n) is 17.6. The number of carbonyl (C=O) groups is 2. The SMILES string of the molecule is O=C1N[C@H]2CC[C@@H]1CN(C(=O)c1cccc3c(-c4cnc5ccccc5c4)cccc13)C2. The van der Waals surface area contributed by atoms with Crippen molar-refractivity contribution in [3.05, 3.63) is 78.5 Å². The number of aromatic nitrogens is 1. The number of fused-ring (bicyclic) bond motifs is 6. The van der Waals surface area contributed by atoms with E-state index in [-0.39, 0.29) is 23.8 Å². The maximum Gasteiger partial charge on any atom is 0.254 e. The number of hydrogen-bond donors (Lipinski definition) is 1. The molecule has 0 spiro atoms. The average Bonchev–Trinajstić information content (AvgIpc) is 3.14. The summed E-state index contributed by atoms with van der Waals surface area (Å²) in [6.07, 6.45) is 3.69. The van der Waals surface area contributed by atoms with Crippen LogP contribution in [-0.2, 0) is 4.79 Å². The van der Waals surface area contributed by atoms with Crippen molar-refractivity contribution in [2.75, 3.05) is 13.1 Å². The second-order valence-corrected chi connectivity index (χ2v) is 8.81. The molecule has 0 saturated carbocycles. The molecular formula is C27H23N3O2. The van der Waals surface area contributed by atoms with Crippen molar-refractivity contribution in [2.24, 2.45) is 5.92 Å². The molecule has 3 aliphatic heterocycles. The molecule has 1 aromatic heterocycles. The first kappa shape index (κ1) is 19.0. The van der Waals surface area contributed by atoms with E-state index in [1.54, 1.807) is 0 Å². The lowest BCUT2D eigenvalue weighted by Gasteiger charge is -2.23. The molecule has 3 aliphatic rings. The Morgan fingerprint density at radius 3 is 2.69 bits per heavy atom. The summed E-state index contributed by atoms with van der Waals surface area (Å²) in [6.45, 7) is 1.07. The number of nitrogens with zero attached hydrogens (tertiary/aromatic N) is 2. The van der Waals surface area contributed by atoms with E-state index in [4.69, 9.17) is 0 Å². The predicted octanol–water partition coefficient (Wildman–Crippen LogP) is 4.41. The highest BCUT2D eigenvalue weighted by Gasteiger charge is 2.36. The molecule has 2 amide bonds. The molecule has 0 radical (unpaired) electrons. The third-order valence-electron chi connectivity index (χ3n) is 6.80. The summed E-state index contributed by atoms with van der Waals surface area (Å²) < 4.78 is 0. The first-order valence-corrected chi connectivity index (χ1v) is 11.1. The largest absolute Gasteiger partial charge is 0.351 e. The zero-order valence-corrected chi connectivity index (χ0v) is 17.6. The molecule has 0 aliphatic carbocycles. The van der Waals surface area contributed by atoms with E-state index >= 15 is 0 Å². The summed E-state index contributed by atoms with van der Waals surface area (Å²) in [7, 11) is 0. The fraction of sp³-hybridized carbons (Fsp3) is 0.222. The van der Waals surface area contributed by atoms with Crippen LogP contribution < -0.4 is 5.32 Å². The minimum absolute atomic E-state index is 0.00205. The molecule has 0 unspecified atom stereocenters. The highest BCUT2D eigenvalue weighted by atomic mass is 16.2. The number of pyridine rings is 1. The zero-order chi connectivity index (χ0) is 21.7. The predicted molar refractivity (Wildman–Crippen MR) is 125 cm³/mol. The van der Waals surface area contributed by atoms with Crippen molar-refractivity contribution in [3.63, 3.8) is 0 Å². The summed E-state index contributed by atoms with van der Waals surface area (Å²) in [5.74, 6) is -0.0229. The van der Waals surface area contributed by atoms with Crippen LogP contribution in [0.1, 0.15) is 23.2 Å². The number of hydrogen-bond acceptors (Lipinski definition) is 3. The van der Waals surface area contributed by atoms with Gasteiger partial charge in [0.05, 0.1) is 11.4 Å². The van der Waals surface area contributed by atoms with Crippen molar-refractivity contribution < 1.29 is 9.59 Å². The fourth-order valence-electron chi connectivity index (χ4n) is 5.15. The number of amides is 2. The lowest BCUT2D eigenvalue weighted by Crippen LogP contribution is -2.43. The number of piperidine rings is 1. The number of carbonyl (C=O) groups excluding carboxylic acids is 2. The lowest BCUT2D eigenvalue weighted by atomic mass is 9.95. The van der Waals surface area contributed by atoms with Gasteiger partial charge < -0.3 is 10.2 Å². The maximum atomic E-state index is 13.6. The van der Waals surface area contributed by atoms with Crippen LogP contribution in [-0.4, -0.2) is 40.8 Å². The van der Waals surface area contributed by atoms with E-state index < -0.39 is 0 Å². The Kier molecular flexibility index (Phi) is 4.42. The minimum atomic E-state index is -0.105. The summed E-state index contributed by atoms with van der Waals surface area (Å²) in [5.41, 5.74) is 3.74. The van der Waals surface area contributed by atoms with Gasteiger partial charge in [-0.3, -0.25) is 14.6 Å². The molecule has 4 heterocycles. The maximum absolute atomic E-state index is 13.6. The van der Waals surface area contributed by atoms with Crippen LogP contribution in [0, 0.1) is 5.92 Å². The minimum Gasteiger partial charge on any atom is -0.351 e.